The molecule has 0 spiro atoms. The van der Waals surface area contributed by atoms with Crippen molar-refractivity contribution in [2.75, 3.05) is 0 Å². The van der Waals surface area contributed by atoms with Crippen LogP contribution in [-0.2, 0) is 0 Å². The van der Waals surface area contributed by atoms with Crippen LogP contribution in [0, 0.1) is 0 Å². The van der Waals surface area contributed by atoms with Crippen molar-refractivity contribution in [3.63, 3.8) is 0 Å². The van der Waals surface area contributed by atoms with Gasteiger partial charge in [0.15, 0.2) is 0 Å². The number of benzene rings is 1. The lowest BCUT2D eigenvalue weighted by molar-refractivity contribution is 0.894. The van der Waals surface area contributed by atoms with Crippen molar-refractivity contribution in [2.24, 2.45) is 0 Å². The third-order valence-corrected chi connectivity index (χ3v) is 3.44. The van der Waals surface area contributed by atoms with Crippen LogP contribution in [0.15, 0.2) is 56.8 Å². The fraction of sp³-hybridized carbons (Fsp3) is 0. The van der Waals surface area contributed by atoms with E-state index in [1.807, 2.05) is 0 Å². The number of fused-ring (bicyclic) bond motifs is 1. The van der Waals surface area contributed by atoms with Crippen LogP contribution >= 0.6 is 15.9 Å². The molecular formula is C13H8BrN3O2. The number of halogens is 1. The molecule has 6 heteroatoms. The lowest BCUT2D eigenvalue weighted by Crippen LogP contribution is -2.33. The molecule has 0 saturated carbocycles. The Balaban J connectivity index is 2.49. The topological polar surface area (TPSA) is 67.8 Å². The van der Waals surface area contributed by atoms with Crippen molar-refractivity contribution in [3.8, 4) is 5.69 Å². The van der Waals surface area contributed by atoms with Crippen molar-refractivity contribution in [1.29, 1.82) is 0 Å². The Morgan fingerprint density at radius 2 is 2.00 bits per heavy atom. The van der Waals surface area contributed by atoms with Gasteiger partial charge in [-0.25, -0.2) is 9.36 Å². The Kier molecular flexibility index (Phi) is 2.79. The van der Waals surface area contributed by atoms with Gasteiger partial charge in [0.1, 0.15) is 0 Å². The second kappa shape index (κ2) is 4.47. The monoisotopic (exact) mass is 317 g/mol. The number of pyridine rings is 1. The van der Waals surface area contributed by atoms with E-state index in [2.05, 4.69) is 25.9 Å². The first-order valence-electron chi connectivity index (χ1n) is 5.52. The minimum atomic E-state index is -0.483. The Hall–Kier alpha value is -2.21. The van der Waals surface area contributed by atoms with Crippen molar-refractivity contribution >= 4 is 26.8 Å². The van der Waals surface area contributed by atoms with Gasteiger partial charge in [0.2, 0.25) is 0 Å². The molecule has 3 rings (SSSR count). The summed E-state index contributed by atoms with van der Waals surface area (Å²) in [6, 6.07) is 8.54. The summed E-state index contributed by atoms with van der Waals surface area (Å²) in [7, 11) is 0. The van der Waals surface area contributed by atoms with Crippen molar-refractivity contribution in [1.82, 2.24) is 14.5 Å². The highest BCUT2D eigenvalue weighted by Crippen LogP contribution is 2.18. The number of aromatic nitrogens is 3. The number of nitrogens with zero attached hydrogens (tertiary/aromatic N) is 2. The van der Waals surface area contributed by atoms with Gasteiger partial charge in [-0.1, -0.05) is 6.07 Å². The summed E-state index contributed by atoms with van der Waals surface area (Å²) in [6.45, 7) is 0. The first-order chi connectivity index (χ1) is 9.18. The van der Waals surface area contributed by atoms with Gasteiger partial charge in [-0.2, -0.15) is 0 Å². The van der Waals surface area contributed by atoms with Gasteiger partial charge in [0.05, 0.1) is 22.8 Å². The molecule has 2 heterocycles. The van der Waals surface area contributed by atoms with Crippen LogP contribution in [0.5, 0.6) is 0 Å². The third-order valence-electron chi connectivity index (χ3n) is 2.78. The molecule has 0 saturated heterocycles. The van der Waals surface area contributed by atoms with Gasteiger partial charge in [0, 0.05) is 10.7 Å². The van der Waals surface area contributed by atoms with E-state index in [1.54, 1.807) is 36.5 Å². The van der Waals surface area contributed by atoms with E-state index in [1.165, 1.54) is 6.20 Å². The SMILES string of the molecule is O=c1[nH]c2cccc(Br)c2c(=O)n1-c1cccnc1. The maximum atomic E-state index is 12.5. The van der Waals surface area contributed by atoms with E-state index >= 15 is 0 Å². The lowest BCUT2D eigenvalue weighted by Gasteiger charge is -2.06. The third kappa shape index (κ3) is 1.90. The van der Waals surface area contributed by atoms with E-state index < -0.39 is 5.69 Å². The molecule has 5 nitrogen and oxygen atoms in total. The fourth-order valence-corrected chi connectivity index (χ4v) is 2.48. The number of hydrogen-bond acceptors (Lipinski definition) is 3. The molecule has 0 bridgehead atoms. The number of aromatic amines is 1. The van der Waals surface area contributed by atoms with Gasteiger partial charge >= 0.3 is 5.69 Å². The Morgan fingerprint density at radius 1 is 1.16 bits per heavy atom. The number of nitrogens with one attached hydrogen (secondary N) is 1. The summed E-state index contributed by atoms with van der Waals surface area (Å²) in [5, 5.41) is 0.436. The quantitative estimate of drug-likeness (QED) is 0.744. The molecule has 19 heavy (non-hydrogen) atoms. The molecule has 1 aromatic carbocycles. The average molecular weight is 318 g/mol. The molecule has 2 aromatic heterocycles. The first-order valence-corrected chi connectivity index (χ1v) is 6.32. The highest BCUT2D eigenvalue weighted by atomic mass is 79.9. The summed E-state index contributed by atoms with van der Waals surface area (Å²) in [5.74, 6) is 0. The van der Waals surface area contributed by atoms with Gasteiger partial charge in [-0.15, -0.1) is 0 Å². The molecule has 94 valence electrons. The lowest BCUT2D eigenvalue weighted by atomic mass is 10.2. The van der Waals surface area contributed by atoms with E-state index in [9.17, 15) is 9.59 Å². The second-order valence-corrected chi connectivity index (χ2v) is 4.80. The molecule has 0 atom stereocenters. The standard InChI is InChI=1S/C13H8BrN3O2/c14-9-4-1-5-10-11(9)12(18)17(13(19)16-10)8-3-2-6-15-7-8/h1-7H,(H,16,19). The maximum absolute atomic E-state index is 12.5. The van der Waals surface area contributed by atoms with E-state index in [0.717, 1.165) is 4.57 Å². The van der Waals surface area contributed by atoms with Crippen LogP contribution in [0.2, 0.25) is 0 Å². The van der Waals surface area contributed by atoms with Gasteiger partial charge < -0.3 is 4.98 Å². The molecule has 0 radical (unpaired) electrons. The van der Waals surface area contributed by atoms with Crippen LogP contribution in [0.1, 0.15) is 0 Å². The largest absolute Gasteiger partial charge is 0.333 e. The summed E-state index contributed by atoms with van der Waals surface area (Å²) in [5.41, 5.74) is 0.0822. The Morgan fingerprint density at radius 3 is 2.74 bits per heavy atom. The Bertz CT molecular complexity index is 868. The minimum Gasteiger partial charge on any atom is -0.306 e. The summed E-state index contributed by atoms with van der Waals surface area (Å²) in [4.78, 5) is 31.1. The zero-order valence-corrected chi connectivity index (χ0v) is 11.2. The molecule has 0 aliphatic rings. The van der Waals surface area contributed by atoms with Gasteiger partial charge in [-0.3, -0.25) is 9.78 Å². The fourth-order valence-electron chi connectivity index (χ4n) is 1.94. The highest BCUT2D eigenvalue weighted by Gasteiger charge is 2.11. The average Bonchev–Trinajstić information content (AvgIpc) is 2.39. The van der Waals surface area contributed by atoms with E-state index in [0.29, 0.717) is 21.1 Å². The molecule has 1 N–H and O–H groups in total. The van der Waals surface area contributed by atoms with Crippen LogP contribution in [0.3, 0.4) is 0 Å². The van der Waals surface area contributed by atoms with Crippen molar-refractivity contribution in [3.05, 3.63) is 68.0 Å². The summed E-state index contributed by atoms with van der Waals surface area (Å²) < 4.78 is 1.71. The first kappa shape index (κ1) is 11.9. The van der Waals surface area contributed by atoms with Crippen molar-refractivity contribution < 1.29 is 0 Å². The smallest absolute Gasteiger partial charge is 0.306 e. The minimum absolute atomic E-state index is 0.376. The Labute approximate surface area is 115 Å². The van der Waals surface area contributed by atoms with Crippen LogP contribution in [-0.4, -0.2) is 14.5 Å². The molecule has 0 aliphatic heterocycles. The molecule has 0 amide bonds. The molecular weight excluding hydrogens is 310 g/mol. The molecule has 0 unspecified atom stereocenters. The normalized spacial score (nSPS) is 10.8. The highest BCUT2D eigenvalue weighted by molar-refractivity contribution is 9.10. The van der Waals surface area contributed by atoms with E-state index in [4.69, 9.17) is 0 Å². The number of rotatable bonds is 1. The molecule has 0 aliphatic carbocycles. The van der Waals surface area contributed by atoms with Gasteiger partial charge in [-0.05, 0) is 40.2 Å². The molecule has 3 aromatic rings. The number of hydrogen-bond donors (Lipinski definition) is 1. The van der Waals surface area contributed by atoms with Crippen LogP contribution in [0.4, 0.5) is 0 Å². The number of H-pyrrole nitrogens is 1. The van der Waals surface area contributed by atoms with E-state index in [-0.39, 0.29) is 5.56 Å². The second-order valence-electron chi connectivity index (χ2n) is 3.94. The van der Waals surface area contributed by atoms with Crippen LogP contribution in [0.25, 0.3) is 16.6 Å². The predicted octanol–water partition coefficient (Wildman–Crippen LogP) is 1.84. The van der Waals surface area contributed by atoms with Gasteiger partial charge in [0.25, 0.3) is 5.56 Å². The zero-order valence-electron chi connectivity index (χ0n) is 9.63. The van der Waals surface area contributed by atoms with Crippen molar-refractivity contribution in [2.45, 2.75) is 0 Å². The van der Waals surface area contributed by atoms with Crippen LogP contribution < -0.4 is 11.2 Å². The zero-order chi connectivity index (χ0) is 13.4. The summed E-state index contributed by atoms with van der Waals surface area (Å²) in [6.07, 6.45) is 3.05. The predicted molar refractivity (Wildman–Crippen MR) is 75.7 cm³/mol. The maximum Gasteiger partial charge on any atom is 0.333 e. The molecule has 0 fully saturated rings. The summed E-state index contributed by atoms with van der Waals surface area (Å²) >= 11 is 3.33.